The Kier molecular flexibility index (Phi) is 3.93. The van der Waals surface area contributed by atoms with Crippen molar-refractivity contribution in [3.05, 3.63) is 22.7 Å². The van der Waals surface area contributed by atoms with Crippen LogP contribution < -0.4 is 10.6 Å². The zero-order valence-corrected chi connectivity index (χ0v) is 13.4. The van der Waals surface area contributed by atoms with E-state index in [4.69, 9.17) is 15.2 Å². The van der Waals surface area contributed by atoms with Crippen LogP contribution >= 0.6 is 15.9 Å². The minimum absolute atomic E-state index is 0.0682. The standard InChI is InChI=1S/C15H21BrN2O2/c1-18(14-3-2-11(16)8-13(14)17)12-4-6-20-15(9-12)5-7-19-10-15/h2-3,8,12H,4-7,9-10,17H2,1H3. The molecule has 0 bridgehead atoms. The predicted octanol–water partition coefficient (Wildman–Crippen LogP) is 2.81. The molecule has 2 saturated heterocycles. The zero-order valence-electron chi connectivity index (χ0n) is 11.8. The van der Waals surface area contributed by atoms with Gasteiger partial charge in [0.2, 0.25) is 0 Å². The van der Waals surface area contributed by atoms with Crippen molar-refractivity contribution >= 4 is 27.3 Å². The van der Waals surface area contributed by atoms with Crippen molar-refractivity contribution in [2.24, 2.45) is 0 Å². The van der Waals surface area contributed by atoms with Gasteiger partial charge in [-0.05, 0) is 31.0 Å². The van der Waals surface area contributed by atoms with Gasteiger partial charge in [0, 0.05) is 37.2 Å². The fraction of sp³-hybridized carbons (Fsp3) is 0.600. The van der Waals surface area contributed by atoms with Gasteiger partial charge in [-0.1, -0.05) is 15.9 Å². The van der Waals surface area contributed by atoms with Crippen molar-refractivity contribution in [1.29, 1.82) is 0 Å². The van der Waals surface area contributed by atoms with Crippen LogP contribution in [0.3, 0.4) is 0 Å². The van der Waals surface area contributed by atoms with Crippen LogP contribution in [0.4, 0.5) is 11.4 Å². The molecule has 2 unspecified atom stereocenters. The highest BCUT2D eigenvalue weighted by molar-refractivity contribution is 9.10. The molecule has 4 nitrogen and oxygen atoms in total. The lowest BCUT2D eigenvalue weighted by molar-refractivity contribution is -0.0855. The molecule has 0 saturated carbocycles. The molecule has 0 aliphatic carbocycles. The summed E-state index contributed by atoms with van der Waals surface area (Å²) in [5, 5.41) is 0. The SMILES string of the molecule is CN(c1ccc(Br)cc1N)C1CCOC2(CCOC2)C1. The van der Waals surface area contributed by atoms with Gasteiger partial charge in [-0.25, -0.2) is 0 Å². The van der Waals surface area contributed by atoms with Crippen LogP contribution in [0, 0.1) is 0 Å². The van der Waals surface area contributed by atoms with Gasteiger partial charge in [-0.2, -0.15) is 0 Å². The number of rotatable bonds is 2. The molecule has 110 valence electrons. The molecule has 1 aromatic carbocycles. The van der Waals surface area contributed by atoms with Crippen LogP contribution in [0.15, 0.2) is 22.7 Å². The van der Waals surface area contributed by atoms with E-state index >= 15 is 0 Å². The van der Waals surface area contributed by atoms with Crippen molar-refractivity contribution in [2.45, 2.75) is 30.9 Å². The molecule has 5 heteroatoms. The summed E-state index contributed by atoms with van der Waals surface area (Å²) < 4.78 is 12.6. The van der Waals surface area contributed by atoms with Crippen LogP contribution in [-0.4, -0.2) is 38.5 Å². The van der Waals surface area contributed by atoms with E-state index in [9.17, 15) is 0 Å². The monoisotopic (exact) mass is 340 g/mol. The van der Waals surface area contributed by atoms with Crippen LogP contribution in [-0.2, 0) is 9.47 Å². The van der Waals surface area contributed by atoms with Crippen LogP contribution in [0.2, 0.25) is 0 Å². The normalized spacial score (nSPS) is 29.8. The lowest BCUT2D eigenvalue weighted by atomic mass is 9.89. The van der Waals surface area contributed by atoms with Crippen molar-refractivity contribution in [2.75, 3.05) is 37.5 Å². The van der Waals surface area contributed by atoms with Gasteiger partial charge in [0.05, 0.1) is 23.6 Å². The predicted molar refractivity (Wildman–Crippen MR) is 84.1 cm³/mol. The summed E-state index contributed by atoms with van der Waals surface area (Å²) in [5.74, 6) is 0. The Hall–Kier alpha value is -0.780. The molecular weight excluding hydrogens is 320 g/mol. The number of hydrogen-bond acceptors (Lipinski definition) is 4. The van der Waals surface area contributed by atoms with Crippen LogP contribution in [0.1, 0.15) is 19.3 Å². The fourth-order valence-corrected chi connectivity index (χ4v) is 3.62. The van der Waals surface area contributed by atoms with Crippen molar-refractivity contribution in [1.82, 2.24) is 0 Å². The summed E-state index contributed by atoms with van der Waals surface area (Å²) in [7, 11) is 2.12. The molecule has 1 aromatic rings. The summed E-state index contributed by atoms with van der Waals surface area (Å²) >= 11 is 3.46. The molecule has 2 atom stereocenters. The number of hydrogen-bond donors (Lipinski definition) is 1. The summed E-state index contributed by atoms with van der Waals surface area (Å²) in [5.41, 5.74) is 7.98. The Morgan fingerprint density at radius 3 is 2.95 bits per heavy atom. The average Bonchev–Trinajstić information content (AvgIpc) is 2.86. The highest BCUT2D eigenvalue weighted by atomic mass is 79.9. The van der Waals surface area contributed by atoms with E-state index < -0.39 is 0 Å². The second-order valence-electron chi connectivity index (χ2n) is 5.79. The Bertz CT molecular complexity index is 489. The van der Waals surface area contributed by atoms with E-state index in [-0.39, 0.29) is 5.60 Å². The molecule has 1 spiro atoms. The average molecular weight is 341 g/mol. The number of nitrogen functional groups attached to an aromatic ring is 1. The third-order valence-corrected chi connectivity index (χ3v) is 4.94. The largest absolute Gasteiger partial charge is 0.397 e. The van der Waals surface area contributed by atoms with E-state index in [1.807, 2.05) is 12.1 Å². The Morgan fingerprint density at radius 1 is 1.40 bits per heavy atom. The number of nitrogens with two attached hydrogens (primary N) is 1. The Balaban J connectivity index is 1.77. The first-order valence-corrected chi connectivity index (χ1v) is 7.89. The van der Waals surface area contributed by atoms with Crippen LogP contribution in [0.25, 0.3) is 0 Å². The first-order chi connectivity index (χ1) is 9.60. The van der Waals surface area contributed by atoms with Gasteiger partial charge in [-0.15, -0.1) is 0 Å². The summed E-state index contributed by atoms with van der Waals surface area (Å²) in [4.78, 5) is 2.30. The maximum atomic E-state index is 6.15. The molecular formula is C15H21BrN2O2. The highest BCUT2D eigenvalue weighted by Crippen LogP contribution is 2.37. The van der Waals surface area contributed by atoms with Gasteiger partial charge >= 0.3 is 0 Å². The number of nitrogens with zero attached hydrogens (tertiary/aromatic N) is 1. The molecule has 2 fully saturated rings. The van der Waals surface area contributed by atoms with Gasteiger partial charge in [-0.3, -0.25) is 0 Å². The lowest BCUT2D eigenvalue weighted by Crippen LogP contribution is -2.48. The number of ether oxygens (including phenoxy) is 2. The molecule has 2 N–H and O–H groups in total. The van der Waals surface area contributed by atoms with Crippen LogP contribution in [0.5, 0.6) is 0 Å². The maximum absolute atomic E-state index is 6.15. The van der Waals surface area contributed by atoms with Gasteiger partial charge in [0.1, 0.15) is 0 Å². The van der Waals surface area contributed by atoms with E-state index in [1.54, 1.807) is 0 Å². The first-order valence-electron chi connectivity index (χ1n) is 7.09. The van der Waals surface area contributed by atoms with E-state index in [0.29, 0.717) is 6.04 Å². The van der Waals surface area contributed by atoms with Gasteiger partial charge in [0.15, 0.2) is 0 Å². The smallest absolute Gasteiger partial charge is 0.0956 e. The minimum atomic E-state index is -0.0682. The van der Waals surface area contributed by atoms with Crippen molar-refractivity contribution < 1.29 is 9.47 Å². The third kappa shape index (κ3) is 2.67. The van der Waals surface area contributed by atoms with Gasteiger partial charge < -0.3 is 20.1 Å². The number of benzene rings is 1. The molecule has 0 radical (unpaired) electrons. The maximum Gasteiger partial charge on any atom is 0.0956 e. The molecule has 2 aliphatic rings. The molecule has 2 heterocycles. The van der Waals surface area contributed by atoms with E-state index in [1.165, 1.54) is 0 Å². The lowest BCUT2D eigenvalue weighted by Gasteiger charge is -2.42. The van der Waals surface area contributed by atoms with Gasteiger partial charge in [0.25, 0.3) is 0 Å². The first kappa shape index (κ1) is 14.2. The van der Waals surface area contributed by atoms with Crippen molar-refractivity contribution in [3.8, 4) is 0 Å². The number of anilines is 2. The molecule has 0 aromatic heterocycles. The summed E-state index contributed by atoms with van der Waals surface area (Å²) in [6, 6.07) is 6.52. The molecule has 2 aliphatic heterocycles. The Morgan fingerprint density at radius 2 is 2.25 bits per heavy atom. The molecule has 3 rings (SSSR count). The zero-order chi connectivity index (χ0) is 14.2. The molecule has 0 amide bonds. The third-order valence-electron chi connectivity index (χ3n) is 4.45. The fourth-order valence-electron chi connectivity index (χ4n) is 3.24. The summed E-state index contributed by atoms with van der Waals surface area (Å²) in [6.45, 7) is 2.35. The summed E-state index contributed by atoms with van der Waals surface area (Å²) in [6.07, 6.45) is 3.06. The second-order valence-corrected chi connectivity index (χ2v) is 6.71. The topological polar surface area (TPSA) is 47.7 Å². The minimum Gasteiger partial charge on any atom is -0.397 e. The van der Waals surface area contributed by atoms with Crippen molar-refractivity contribution in [3.63, 3.8) is 0 Å². The highest BCUT2D eigenvalue weighted by Gasteiger charge is 2.42. The van der Waals surface area contributed by atoms with E-state index in [2.05, 4.69) is 33.9 Å². The quantitative estimate of drug-likeness (QED) is 0.841. The Labute approximate surface area is 128 Å². The number of halogens is 1. The van der Waals surface area contributed by atoms with E-state index in [0.717, 1.165) is 54.9 Å². The molecule has 20 heavy (non-hydrogen) atoms. The second kappa shape index (κ2) is 5.54.